The second-order valence-corrected chi connectivity index (χ2v) is 6.68. The molecular weight excluding hydrogens is 240 g/mol. The molecule has 2 fully saturated rings. The van der Waals surface area contributed by atoms with Gasteiger partial charge in [-0.15, -0.1) is 0 Å². The molecule has 2 aliphatic rings. The van der Waals surface area contributed by atoms with Crippen LogP contribution in [0, 0.1) is 11.8 Å². The van der Waals surface area contributed by atoms with Crippen molar-refractivity contribution < 1.29 is 9.90 Å². The van der Waals surface area contributed by atoms with Gasteiger partial charge in [0.15, 0.2) is 0 Å². The van der Waals surface area contributed by atoms with Crippen molar-refractivity contribution in [1.82, 2.24) is 10.2 Å². The molecule has 0 bridgehead atoms. The van der Waals surface area contributed by atoms with Crippen LogP contribution in [-0.4, -0.2) is 47.7 Å². The number of nitrogens with zero attached hydrogens (tertiary/aromatic N) is 1. The van der Waals surface area contributed by atoms with E-state index in [0.717, 1.165) is 25.8 Å². The van der Waals surface area contributed by atoms with Gasteiger partial charge in [0.1, 0.15) is 5.54 Å². The third kappa shape index (κ3) is 3.48. The monoisotopic (exact) mass is 268 g/mol. The maximum Gasteiger partial charge on any atom is 0.325 e. The van der Waals surface area contributed by atoms with Crippen LogP contribution in [0.1, 0.15) is 46.0 Å². The number of hydrogen-bond acceptors (Lipinski definition) is 3. The minimum absolute atomic E-state index is 0.315. The van der Waals surface area contributed by atoms with E-state index in [-0.39, 0.29) is 0 Å². The maximum absolute atomic E-state index is 11.8. The van der Waals surface area contributed by atoms with Crippen molar-refractivity contribution in [3.05, 3.63) is 0 Å². The normalized spacial score (nSPS) is 22.8. The molecule has 2 N–H and O–H groups in total. The molecule has 1 atom stereocenters. The van der Waals surface area contributed by atoms with E-state index in [2.05, 4.69) is 24.1 Å². The lowest BCUT2D eigenvalue weighted by Gasteiger charge is -2.35. The molecule has 2 saturated carbocycles. The molecule has 0 aliphatic heterocycles. The topological polar surface area (TPSA) is 52.6 Å². The highest BCUT2D eigenvalue weighted by Crippen LogP contribution is 2.41. The van der Waals surface area contributed by atoms with Gasteiger partial charge in [0.25, 0.3) is 0 Å². The van der Waals surface area contributed by atoms with Crippen molar-refractivity contribution in [2.75, 3.05) is 20.1 Å². The lowest BCUT2D eigenvalue weighted by molar-refractivity contribution is -0.146. The molecule has 0 aromatic heterocycles. The Morgan fingerprint density at radius 1 is 1.37 bits per heavy atom. The van der Waals surface area contributed by atoms with Crippen molar-refractivity contribution in [3.63, 3.8) is 0 Å². The summed E-state index contributed by atoms with van der Waals surface area (Å²) in [6.45, 7) is 6.16. The van der Waals surface area contributed by atoms with Gasteiger partial charge < -0.3 is 10.4 Å². The quantitative estimate of drug-likeness (QED) is 0.671. The van der Waals surface area contributed by atoms with Crippen molar-refractivity contribution >= 4 is 5.97 Å². The smallest absolute Gasteiger partial charge is 0.325 e. The Balaban J connectivity index is 2.02. The molecule has 19 heavy (non-hydrogen) atoms. The highest BCUT2D eigenvalue weighted by Gasteiger charge is 2.52. The van der Waals surface area contributed by atoms with E-state index in [4.69, 9.17) is 0 Å². The summed E-state index contributed by atoms with van der Waals surface area (Å²) in [5.41, 5.74) is -0.723. The number of likely N-dealkylation sites (N-methyl/N-ethyl adjacent to an activating group) is 1. The third-order valence-corrected chi connectivity index (χ3v) is 4.61. The van der Waals surface area contributed by atoms with Crippen LogP contribution in [0.5, 0.6) is 0 Å². The van der Waals surface area contributed by atoms with E-state index >= 15 is 0 Å². The number of nitrogens with one attached hydrogen (secondary N) is 1. The standard InChI is InChI=1S/C15H28N2O2/c1-11(2)8-9-17(13-6-7-13)10-15(16-3,14(18)19)12-4-5-12/h11-13,16H,4-10H2,1-3H3,(H,18,19). The Morgan fingerprint density at radius 3 is 2.37 bits per heavy atom. The van der Waals surface area contributed by atoms with Gasteiger partial charge in [-0.1, -0.05) is 13.8 Å². The molecule has 0 spiro atoms. The molecule has 1 unspecified atom stereocenters. The van der Waals surface area contributed by atoms with Crippen LogP contribution in [0.25, 0.3) is 0 Å². The van der Waals surface area contributed by atoms with Gasteiger partial charge in [0.2, 0.25) is 0 Å². The molecule has 0 radical (unpaired) electrons. The van der Waals surface area contributed by atoms with Crippen LogP contribution < -0.4 is 5.32 Å². The Bertz CT molecular complexity index is 324. The van der Waals surface area contributed by atoms with E-state index in [9.17, 15) is 9.90 Å². The summed E-state index contributed by atoms with van der Waals surface area (Å²) in [7, 11) is 1.81. The first-order valence-corrected chi connectivity index (χ1v) is 7.66. The van der Waals surface area contributed by atoms with Gasteiger partial charge in [-0.25, -0.2) is 0 Å². The van der Waals surface area contributed by atoms with Crippen LogP contribution >= 0.6 is 0 Å². The first-order chi connectivity index (χ1) is 8.99. The van der Waals surface area contributed by atoms with Gasteiger partial charge in [0.05, 0.1) is 0 Å². The van der Waals surface area contributed by atoms with Gasteiger partial charge in [-0.2, -0.15) is 0 Å². The zero-order valence-corrected chi connectivity index (χ0v) is 12.5. The van der Waals surface area contributed by atoms with Crippen molar-refractivity contribution in [3.8, 4) is 0 Å². The highest BCUT2D eigenvalue weighted by molar-refractivity contribution is 5.80. The molecular formula is C15H28N2O2. The molecule has 0 aromatic rings. The second-order valence-electron chi connectivity index (χ2n) is 6.68. The summed E-state index contributed by atoms with van der Waals surface area (Å²) < 4.78 is 0. The van der Waals surface area contributed by atoms with Gasteiger partial charge in [-0.05, 0) is 57.5 Å². The Morgan fingerprint density at radius 2 is 2.00 bits per heavy atom. The largest absolute Gasteiger partial charge is 0.480 e. The molecule has 0 saturated heterocycles. The van der Waals surface area contributed by atoms with E-state index in [0.29, 0.717) is 24.4 Å². The van der Waals surface area contributed by atoms with Crippen LogP contribution in [0.15, 0.2) is 0 Å². The first kappa shape index (κ1) is 14.8. The predicted molar refractivity (Wildman–Crippen MR) is 76.2 cm³/mol. The zero-order chi connectivity index (χ0) is 14.0. The van der Waals surface area contributed by atoms with Gasteiger partial charge >= 0.3 is 5.97 Å². The predicted octanol–water partition coefficient (Wildman–Crippen LogP) is 1.95. The maximum atomic E-state index is 11.8. The number of hydrogen-bond donors (Lipinski definition) is 2. The lowest BCUT2D eigenvalue weighted by atomic mass is 9.92. The van der Waals surface area contributed by atoms with Crippen LogP contribution in [0.2, 0.25) is 0 Å². The summed E-state index contributed by atoms with van der Waals surface area (Å²) >= 11 is 0. The summed E-state index contributed by atoms with van der Waals surface area (Å²) in [5.74, 6) is 0.319. The average molecular weight is 268 g/mol. The number of aliphatic carboxylic acids is 1. The molecule has 2 rings (SSSR count). The van der Waals surface area contributed by atoms with E-state index < -0.39 is 11.5 Å². The summed E-state index contributed by atoms with van der Waals surface area (Å²) in [4.78, 5) is 14.2. The Labute approximate surface area is 116 Å². The minimum Gasteiger partial charge on any atom is -0.480 e. The van der Waals surface area contributed by atoms with Crippen molar-refractivity contribution in [2.45, 2.75) is 57.5 Å². The summed E-state index contributed by atoms with van der Waals surface area (Å²) in [6, 6.07) is 0.629. The molecule has 0 aromatic carbocycles. The average Bonchev–Trinajstić information content (AvgIpc) is 3.19. The van der Waals surface area contributed by atoms with Crippen LogP contribution in [0.3, 0.4) is 0 Å². The lowest BCUT2D eigenvalue weighted by Crippen LogP contribution is -2.60. The fraction of sp³-hybridized carbons (Fsp3) is 0.933. The van der Waals surface area contributed by atoms with E-state index in [1.165, 1.54) is 12.8 Å². The molecule has 110 valence electrons. The number of rotatable bonds is 9. The Kier molecular flexibility index (Phi) is 4.51. The van der Waals surface area contributed by atoms with Gasteiger partial charge in [0, 0.05) is 12.6 Å². The Hall–Kier alpha value is -0.610. The van der Waals surface area contributed by atoms with Crippen molar-refractivity contribution in [1.29, 1.82) is 0 Å². The first-order valence-electron chi connectivity index (χ1n) is 7.66. The van der Waals surface area contributed by atoms with E-state index in [1.807, 2.05) is 0 Å². The molecule has 2 aliphatic carbocycles. The fourth-order valence-corrected chi connectivity index (χ4v) is 2.91. The summed E-state index contributed by atoms with van der Waals surface area (Å²) in [6.07, 6.45) is 5.73. The minimum atomic E-state index is -0.723. The SMILES string of the molecule is CNC(CN(CCC(C)C)C1CC1)(C(=O)O)C1CC1. The van der Waals surface area contributed by atoms with E-state index in [1.54, 1.807) is 7.05 Å². The molecule has 0 heterocycles. The number of carboxylic acids is 1. The number of carboxylic acid groups (broad SMARTS) is 1. The molecule has 4 heteroatoms. The second kappa shape index (κ2) is 5.80. The highest BCUT2D eigenvalue weighted by atomic mass is 16.4. The van der Waals surface area contributed by atoms with Crippen LogP contribution in [-0.2, 0) is 4.79 Å². The number of carbonyl (C=O) groups is 1. The van der Waals surface area contributed by atoms with Gasteiger partial charge in [-0.3, -0.25) is 9.69 Å². The third-order valence-electron chi connectivity index (χ3n) is 4.61. The van der Waals surface area contributed by atoms with Crippen LogP contribution in [0.4, 0.5) is 0 Å². The molecule has 0 amide bonds. The zero-order valence-electron chi connectivity index (χ0n) is 12.5. The fourth-order valence-electron chi connectivity index (χ4n) is 2.91. The molecule has 4 nitrogen and oxygen atoms in total. The summed E-state index contributed by atoms with van der Waals surface area (Å²) in [5, 5.41) is 12.8. The van der Waals surface area contributed by atoms with Crippen molar-refractivity contribution in [2.24, 2.45) is 11.8 Å².